The number of aromatic amines is 1. The Morgan fingerprint density at radius 2 is 2.03 bits per heavy atom. The number of benzene rings is 1. The summed E-state index contributed by atoms with van der Waals surface area (Å²) in [6, 6.07) is 10.8. The lowest BCUT2D eigenvalue weighted by atomic mass is 9.88. The Bertz CT molecular complexity index is 1030. The fourth-order valence-electron chi connectivity index (χ4n) is 4.59. The summed E-state index contributed by atoms with van der Waals surface area (Å²) >= 11 is 0. The number of hydrogen-bond donors (Lipinski definition) is 2. The zero-order chi connectivity index (χ0) is 21.1. The second kappa shape index (κ2) is 9.00. The number of aryl methyl sites for hydroxylation is 1. The highest BCUT2D eigenvalue weighted by atomic mass is 16.1. The minimum absolute atomic E-state index is 0.113. The molecule has 3 heterocycles. The van der Waals surface area contributed by atoms with Crippen LogP contribution in [0.4, 0.5) is 5.82 Å². The first kappa shape index (κ1) is 20.6. The predicted molar refractivity (Wildman–Crippen MR) is 124 cm³/mol. The van der Waals surface area contributed by atoms with Crippen molar-refractivity contribution in [1.82, 2.24) is 14.9 Å². The maximum atomic E-state index is 11.4. The molecule has 0 radical (unpaired) electrons. The van der Waals surface area contributed by atoms with Gasteiger partial charge in [0.05, 0.1) is 0 Å². The maximum absolute atomic E-state index is 11.4. The van der Waals surface area contributed by atoms with Gasteiger partial charge in [0.25, 0.3) is 0 Å². The highest BCUT2D eigenvalue weighted by molar-refractivity contribution is 5.92. The van der Waals surface area contributed by atoms with E-state index in [-0.39, 0.29) is 5.91 Å². The Balaban J connectivity index is 1.56. The number of likely N-dealkylation sites (tertiary alicyclic amines) is 1. The van der Waals surface area contributed by atoms with Crippen molar-refractivity contribution in [3.63, 3.8) is 0 Å². The zero-order valence-corrected chi connectivity index (χ0v) is 18.3. The number of aromatic nitrogens is 2. The number of fused-ring (bicyclic) bond motifs is 1. The van der Waals surface area contributed by atoms with Crippen LogP contribution in [0.2, 0.25) is 0 Å². The molecule has 2 aromatic heterocycles. The van der Waals surface area contributed by atoms with Gasteiger partial charge >= 0.3 is 0 Å². The van der Waals surface area contributed by atoms with Gasteiger partial charge in [-0.05, 0) is 87.1 Å². The van der Waals surface area contributed by atoms with E-state index in [0.29, 0.717) is 11.7 Å². The lowest BCUT2D eigenvalue weighted by Gasteiger charge is -2.32. The van der Waals surface area contributed by atoms with Crippen LogP contribution in [-0.4, -0.2) is 40.4 Å². The van der Waals surface area contributed by atoms with Gasteiger partial charge in [0.2, 0.25) is 5.91 Å². The molecule has 0 unspecified atom stereocenters. The second-order valence-corrected chi connectivity index (χ2v) is 8.51. The van der Waals surface area contributed by atoms with Crippen LogP contribution in [0.1, 0.15) is 56.6 Å². The largest absolute Gasteiger partial charge is 0.354 e. The molecular formula is C25H32N4O. The summed E-state index contributed by atoms with van der Waals surface area (Å²) in [5.74, 6) is 1.12. The number of unbranched alkanes of at least 4 members (excludes halogenated alkanes) is 1. The standard InChI is InChI=1S/C25H32N4O/c1-4-5-12-29-13-9-19(10-14-29)20-6-7-23-22(15-20)17(2)25(28-23)21-8-11-26-24(16-21)27-18(3)30/h6-8,11,15-16,19,28H,4-5,9-10,12-14H2,1-3H3,(H,26,27,30). The quantitative estimate of drug-likeness (QED) is 0.572. The zero-order valence-electron chi connectivity index (χ0n) is 18.3. The molecule has 158 valence electrons. The van der Waals surface area contributed by atoms with Crippen molar-refractivity contribution in [2.75, 3.05) is 25.0 Å². The summed E-state index contributed by atoms with van der Waals surface area (Å²) in [6.45, 7) is 9.60. The molecular weight excluding hydrogens is 372 g/mol. The number of hydrogen-bond acceptors (Lipinski definition) is 3. The monoisotopic (exact) mass is 404 g/mol. The molecule has 1 aliphatic rings. The molecule has 0 atom stereocenters. The molecule has 3 aromatic rings. The second-order valence-electron chi connectivity index (χ2n) is 8.51. The van der Waals surface area contributed by atoms with Gasteiger partial charge in [-0.2, -0.15) is 0 Å². The van der Waals surface area contributed by atoms with Crippen molar-refractivity contribution < 1.29 is 4.79 Å². The number of anilines is 1. The van der Waals surface area contributed by atoms with Gasteiger partial charge in [0.1, 0.15) is 5.82 Å². The molecule has 5 nitrogen and oxygen atoms in total. The average Bonchev–Trinajstić information content (AvgIpc) is 3.08. The molecule has 0 aliphatic carbocycles. The molecule has 1 fully saturated rings. The molecule has 5 heteroatoms. The first-order valence-corrected chi connectivity index (χ1v) is 11.1. The summed E-state index contributed by atoms with van der Waals surface area (Å²) in [6.07, 6.45) is 6.81. The van der Waals surface area contributed by atoms with Crippen molar-refractivity contribution in [2.24, 2.45) is 0 Å². The van der Waals surface area contributed by atoms with Gasteiger partial charge in [0, 0.05) is 35.3 Å². The van der Waals surface area contributed by atoms with Gasteiger partial charge in [-0.25, -0.2) is 4.98 Å². The molecule has 1 amide bonds. The molecule has 2 N–H and O–H groups in total. The fraction of sp³-hybridized carbons (Fsp3) is 0.440. The number of carbonyl (C=O) groups excluding carboxylic acids is 1. The molecule has 4 rings (SSSR count). The predicted octanol–water partition coefficient (Wildman–Crippen LogP) is 5.48. The van der Waals surface area contributed by atoms with E-state index in [1.54, 1.807) is 6.20 Å². The third-order valence-corrected chi connectivity index (χ3v) is 6.32. The number of nitrogens with zero attached hydrogens (tertiary/aromatic N) is 2. The summed E-state index contributed by atoms with van der Waals surface area (Å²) < 4.78 is 0. The molecule has 0 bridgehead atoms. The molecule has 1 saturated heterocycles. The Morgan fingerprint density at radius 1 is 1.23 bits per heavy atom. The van der Waals surface area contributed by atoms with Crippen LogP contribution in [-0.2, 0) is 4.79 Å². The van der Waals surface area contributed by atoms with Crippen LogP contribution >= 0.6 is 0 Å². The molecule has 0 saturated carbocycles. The first-order chi connectivity index (χ1) is 14.5. The third-order valence-electron chi connectivity index (χ3n) is 6.32. The smallest absolute Gasteiger partial charge is 0.222 e. The van der Waals surface area contributed by atoms with E-state index in [2.05, 4.69) is 52.2 Å². The fourth-order valence-corrected chi connectivity index (χ4v) is 4.59. The molecule has 1 aromatic carbocycles. The SMILES string of the molecule is CCCCN1CCC(c2ccc3[nH]c(-c4ccnc(NC(C)=O)c4)c(C)c3c2)CC1. The summed E-state index contributed by atoms with van der Waals surface area (Å²) in [7, 11) is 0. The van der Waals surface area contributed by atoms with E-state index in [9.17, 15) is 4.79 Å². The van der Waals surface area contributed by atoms with Crippen molar-refractivity contribution in [3.8, 4) is 11.3 Å². The van der Waals surface area contributed by atoms with Gasteiger partial charge in [-0.3, -0.25) is 4.79 Å². The highest BCUT2D eigenvalue weighted by Crippen LogP contribution is 2.35. The summed E-state index contributed by atoms with van der Waals surface area (Å²) in [5.41, 5.74) is 5.98. The lowest BCUT2D eigenvalue weighted by molar-refractivity contribution is -0.114. The van der Waals surface area contributed by atoms with Crippen molar-refractivity contribution in [1.29, 1.82) is 0 Å². The van der Waals surface area contributed by atoms with Gasteiger partial charge < -0.3 is 15.2 Å². The lowest BCUT2D eigenvalue weighted by Crippen LogP contribution is -2.33. The maximum Gasteiger partial charge on any atom is 0.222 e. The van der Waals surface area contributed by atoms with Crippen molar-refractivity contribution in [2.45, 2.75) is 52.4 Å². The Morgan fingerprint density at radius 3 is 2.77 bits per heavy atom. The highest BCUT2D eigenvalue weighted by Gasteiger charge is 2.21. The third kappa shape index (κ3) is 4.41. The van der Waals surface area contributed by atoms with E-state index in [1.165, 1.54) is 68.8 Å². The van der Waals surface area contributed by atoms with Gasteiger partial charge in [-0.1, -0.05) is 19.4 Å². The Kier molecular flexibility index (Phi) is 6.18. The minimum atomic E-state index is -0.113. The van der Waals surface area contributed by atoms with E-state index < -0.39 is 0 Å². The normalized spacial score (nSPS) is 15.6. The molecule has 0 spiro atoms. The van der Waals surface area contributed by atoms with Crippen LogP contribution in [0, 0.1) is 6.92 Å². The number of pyridine rings is 1. The topological polar surface area (TPSA) is 61.0 Å². The van der Waals surface area contributed by atoms with E-state index in [4.69, 9.17) is 0 Å². The number of rotatable bonds is 6. The van der Waals surface area contributed by atoms with E-state index in [0.717, 1.165) is 16.8 Å². The van der Waals surface area contributed by atoms with Crippen molar-refractivity contribution >= 4 is 22.6 Å². The Labute approximate surface area is 178 Å². The molecule has 1 aliphatic heterocycles. The van der Waals surface area contributed by atoms with Crippen LogP contribution < -0.4 is 5.32 Å². The number of carbonyl (C=O) groups is 1. The minimum Gasteiger partial charge on any atom is -0.354 e. The van der Waals surface area contributed by atoms with E-state index in [1.807, 2.05) is 12.1 Å². The average molecular weight is 405 g/mol. The number of nitrogens with one attached hydrogen (secondary N) is 2. The number of H-pyrrole nitrogens is 1. The van der Waals surface area contributed by atoms with E-state index >= 15 is 0 Å². The number of piperidine rings is 1. The number of amides is 1. The Hall–Kier alpha value is -2.66. The molecule has 30 heavy (non-hydrogen) atoms. The van der Waals surface area contributed by atoms with Crippen LogP contribution in [0.15, 0.2) is 36.5 Å². The van der Waals surface area contributed by atoms with Crippen molar-refractivity contribution in [3.05, 3.63) is 47.7 Å². The van der Waals surface area contributed by atoms with Gasteiger partial charge in [0.15, 0.2) is 0 Å². The van der Waals surface area contributed by atoms with Gasteiger partial charge in [-0.15, -0.1) is 0 Å². The summed E-state index contributed by atoms with van der Waals surface area (Å²) in [4.78, 5) is 21.8. The van der Waals surface area contributed by atoms with Crippen LogP contribution in [0.25, 0.3) is 22.2 Å². The first-order valence-electron chi connectivity index (χ1n) is 11.1. The summed E-state index contributed by atoms with van der Waals surface area (Å²) in [5, 5.41) is 4.05. The van der Waals surface area contributed by atoms with Crippen LogP contribution in [0.3, 0.4) is 0 Å². The van der Waals surface area contributed by atoms with Crippen LogP contribution in [0.5, 0.6) is 0 Å².